The van der Waals surface area contributed by atoms with Crippen molar-refractivity contribution in [3.8, 4) is 0 Å². The number of nitrogens with zero attached hydrogens (tertiary/aromatic N) is 1. The van der Waals surface area contributed by atoms with Crippen molar-refractivity contribution in [3.63, 3.8) is 0 Å². The van der Waals surface area contributed by atoms with Crippen LogP contribution in [-0.4, -0.2) is 29.7 Å². The minimum atomic E-state index is -0.461. The number of aromatic nitrogens is 1. The normalized spacial score (nSPS) is 16.6. The monoisotopic (exact) mass is 345 g/mol. The molecule has 3 rings (SSSR count). The van der Waals surface area contributed by atoms with Crippen molar-refractivity contribution in [1.29, 1.82) is 0 Å². The van der Waals surface area contributed by atoms with Gasteiger partial charge in [0.05, 0.1) is 11.8 Å². The molecule has 0 radical (unpaired) electrons. The number of ether oxygens (including phenoxy) is 1. The first kappa shape index (κ1) is 17.2. The van der Waals surface area contributed by atoms with Gasteiger partial charge >= 0.3 is 0 Å². The number of hydrogen-bond donors (Lipinski definition) is 2. The molecule has 1 aliphatic rings. The van der Waals surface area contributed by atoms with E-state index in [2.05, 4.69) is 10.6 Å². The van der Waals surface area contributed by atoms with Crippen LogP contribution in [0.5, 0.6) is 0 Å². The highest BCUT2D eigenvalue weighted by Crippen LogP contribution is 2.21. The highest BCUT2D eigenvalue weighted by Gasteiger charge is 2.16. The van der Waals surface area contributed by atoms with Crippen LogP contribution in [-0.2, 0) is 11.8 Å². The first-order valence-electron chi connectivity index (χ1n) is 8.16. The molecule has 132 valence electrons. The van der Waals surface area contributed by atoms with E-state index in [1.807, 2.05) is 0 Å². The summed E-state index contributed by atoms with van der Waals surface area (Å²) < 4.78 is 21.0. The number of amides is 1. The Labute approximate surface area is 144 Å². The number of nitrogens with one attached hydrogen (secondary N) is 2. The van der Waals surface area contributed by atoms with Gasteiger partial charge in [-0.25, -0.2) is 4.39 Å². The maximum absolute atomic E-state index is 14.2. The summed E-state index contributed by atoms with van der Waals surface area (Å²) in [5.74, 6) is -0.920. The van der Waals surface area contributed by atoms with Gasteiger partial charge in [-0.2, -0.15) is 0 Å². The number of carbonyl (C=O) groups is 1. The molecule has 2 N–H and O–H groups in total. The van der Waals surface area contributed by atoms with E-state index in [1.54, 1.807) is 19.2 Å². The molecule has 25 heavy (non-hydrogen) atoms. The summed E-state index contributed by atoms with van der Waals surface area (Å²) in [6.07, 6.45) is 3.62. The Balaban J connectivity index is 1.64. The maximum atomic E-state index is 14.2. The quantitative estimate of drug-likeness (QED) is 0.873. The summed E-state index contributed by atoms with van der Waals surface area (Å²) in [6, 6.07) is 7.20. The third kappa shape index (κ3) is 4.24. The first-order valence-corrected chi connectivity index (χ1v) is 8.16. The lowest BCUT2D eigenvalue weighted by atomic mass is 10.2. The molecule has 1 atom stereocenters. The van der Waals surface area contributed by atoms with Crippen molar-refractivity contribution >= 4 is 17.3 Å². The molecule has 0 bridgehead atoms. The van der Waals surface area contributed by atoms with Crippen LogP contribution in [0.15, 0.2) is 41.3 Å². The van der Waals surface area contributed by atoms with Crippen molar-refractivity contribution in [3.05, 3.63) is 58.3 Å². The summed E-state index contributed by atoms with van der Waals surface area (Å²) >= 11 is 0. The van der Waals surface area contributed by atoms with E-state index in [-0.39, 0.29) is 17.2 Å². The molecule has 0 aliphatic carbocycles. The second-order valence-electron chi connectivity index (χ2n) is 6.03. The smallest absolute Gasteiger partial charge is 0.255 e. The van der Waals surface area contributed by atoms with Crippen LogP contribution >= 0.6 is 0 Å². The Kier molecular flexibility index (Phi) is 5.14. The molecule has 6 nitrogen and oxygen atoms in total. The van der Waals surface area contributed by atoms with E-state index in [0.717, 1.165) is 19.4 Å². The van der Waals surface area contributed by atoms with E-state index in [0.29, 0.717) is 17.9 Å². The number of halogens is 1. The van der Waals surface area contributed by atoms with Gasteiger partial charge in [-0.15, -0.1) is 0 Å². The van der Waals surface area contributed by atoms with Crippen LogP contribution in [0, 0.1) is 5.82 Å². The standard InChI is InChI=1S/C18H20FN3O3/c1-22-7-6-12(9-17(22)23)18(24)21-13-4-5-16(15(19)10-13)20-11-14-3-2-8-25-14/h4-7,9-10,14,20H,2-3,8,11H2,1H3,(H,21,24)/t14-/m0/s1. The topological polar surface area (TPSA) is 72.4 Å². The summed E-state index contributed by atoms with van der Waals surface area (Å²) in [5, 5.41) is 5.61. The summed E-state index contributed by atoms with van der Waals surface area (Å²) in [5.41, 5.74) is 0.629. The Morgan fingerprint density at radius 3 is 2.88 bits per heavy atom. The Hall–Kier alpha value is -2.67. The van der Waals surface area contributed by atoms with Crippen LogP contribution in [0.25, 0.3) is 0 Å². The van der Waals surface area contributed by atoms with Crippen LogP contribution in [0.3, 0.4) is 0 Å². The van der Waals surface area contributed by atoms with Gasteiger partial charge < -0.3 is 19.9 Å². The molecule has 1 fully saturated rings. The van der Waals surface area contributed by atoms with Gasteiger partial charge in [-0.3, -0.25) is 9.59 Å². The van der Waals surface area contributed by atoms with Gasteiger partial charge in [-0.1, -0.05) is 0 Å². The maximum Gasteiger partial charge on any atom is 0.255 e. The minimum Gasteiger partial charge on any atom is -0.380 e. The van der Waals surface area contributed by atoms with E-state index in [9.17, 15) is 14.0 Å². The van der Waals surface area contributed by atoms with Crippen molar-refractivity contribution in [1.82, 2.24) is 4.57 Å². The van der Waals surface area contributed by atoms with Crippen LogP contribution in [0.4, 0.5) is 15.8 Å². The number of anilines is 2. The molecule has 1 amide bonds. The highest BCUT2D eigenvalue weighted by atomic mass is 19.1. The lowest BCUT2D eigenvalue weighted by Gasteiger charge is -2.13. The number of carbonyl (C=O) groups excluding carboxylic acids is 1. The molecule has 2 aromatic rings. The third-order valence-corrected chi connectivity index (χ3v) is 4.14. The molecular formula is C18H20FN3O3. The molecular weight excluding hydrogens is 325 g/mol. The fraction of sp³-hybridized carbons (Fsp3) is 0.333. The molecule has 1 aromatic carbocycles. The largest absolute Gasteiger partial charge is 0.380 e. The van der Waals surface area contributed by atoms with E-state index in [1.165, 1.54) is 29.0 Å². The number of pyridine rings is 1. The number of aryl methyl sites for hydroxylation is 1. The predicted molar refractivity (Wildman–Crippen MR) is 93.5 cm³/mol. The first-order chi connectivity index (χ1) is 12.0. The van der Waals surface area contributed by atoms with Gasteiger partial charge in [0.15, 0.2) is 0 Å². The van der Waals surface area contributed by atoms with Crippen molar-refractivity contribution in [2.24, 2.45) is 7.05 Å². The summed E-state index contributed by atoms with van der Waals surface area (Å²) in [6.45, 7) is 1.30. The fourth-order valence-corrected chi connectivity index (χ4v) is 2.66. The Bertz CT molecular complexity index is 829. The highest BCUT2D eigenvalue weighted by molar-refractivity contribution is 6.04. The van der Waals surface area contributed by atoms with Gasteiger partial charge in [0.25, 0.3) is 11.5 Å². The molecule has 7 heteroatoms. The second-order valence-corrected chi connectivity index (χ2v) is 6.03. The van der Waals surface area contributed by atoms with Crippen molar-refractivity contribution in [2.45, 2.75) is 18.9 Å². The van der Waals surface area contributed by atoms with Crippen LogP contribution < -0.4 is 16.2 Å². The third-order valence-electron chi connectivity index (χ3n) is 4.14. The minimum absolute atomic E-state index is 0.111. The van der Waals surface area contributed by atoms with Gasteiger partial charge in [0.1, 0.15) is 5.82 Å². The Morgan fingerprint density at radius 2 is 2.20 bits per heavy atom. The molecule has 1 aromatic heterocycles. The molecule has 1 saturated heterocycles. The van der Waals surface area contributed by atoms with Gasteiger partial charge in [-0.05, 0) is 37.1 Å². The van der Waals surface area contributed by atoms with E-state index in [4.69, 9.17) is 4.74 Å². The molecule has 0 spiro atoms. The zero-order valence-electron chi connectivity index (χ0n) is 13.9. The SMILES string of the molecule is Cn1ccc(C(=O)Nc2ccc(NC[C@@H]3CCCO3)c(F)c2)cc1=O. The summed E-state index contributed by atoms with van der Waals surface area (Å²) in [7, 11) is 1.60. The fourth-order valence-electron chi connectivity index (χ4n) is 2.66. The zero-order valence-corrected chi connectivity index (χ0v) is 13.9. The van der Waals surface area contributed by atoms with Gasteiger partial charge in [0, 0.05) is 43.7 Å². The molecule has 0 saturated carbocycles. The number of rotatable bonds is 5. The molecule has 1 aliphatic heterocycles. The predicted octanol–water partition coefficient (Wildman–Crippen LogP) is 2.37. The summed E-state index contributed by atoms with van der Waals surface area (Å²) in [4.78, 5) is 23.7. The zero-order chi connectivity index (χ0) is 17.8. The average molecular weight is 345 g/mol. The van der Waals surface area contributed by atoms with Crippen molar-refractivity contribution in [2.75, 3.05) is 23.8 Å². The lowest BCUT2D eigenvalue weighted by Crippen LogP contribution is -2.20. The van der Waals surface area contributed by atoms with Gasteiger partial charge in [0.2, 0.25) is 0 Å². The van der Waals surface area contributed by atoms with E-state index >= 15 is 0 Å². The second kappa shape index (κ2) is 7.48. The van der Waals surface area contributed by atoms with Crippen LogP contribution in [0.1, 0.15) is 23.2 Å². The van der Waals surface area contributed by atoms with E-state index < -0.39 is 11.7 Å². The lowest BCUT2D eigenvalue weighted by molar-refractivity contribution is 0.102. The number of hydrogen-bond acceptors (Lipinski definition) is 4. The van der Waals surface area contributed by atoms with Crippen molar-refractivity contribution < 1.29 is 13.9 Å². The average Bonchev–Trinajstić information content (AvgIpc) is 3.10. The Morgan fingerprint density at radius 1 is 1.36 bits per heavy atom. The molecule has 2 heterocycles. The van der Waals surface area contributed by atoms with Crippen LogP contribution in [0.2, 0.25) is 0 Å². The number of benzene rings is 1. The molecule has 0 unspecified atom stereocenters.